The summed E-state index contributed by atoms with van der Waals surface area (Å²) in [5.74, 6) is 0.224. The number of phenols is 1. The van der Waals surface area contributed by atoms with Crippen molar-refractivity contribution in [3.63, 3.8) is 0 Å². The Labute approximate surface area is 100 Å². The number of aromatic hydroxyl groups is 1. The van der Waals surface area contributed by atoms with E-state index in [0.717, 1.165) is 11.1 Å². The molecule has 1 aromatic rings. The summed E-state index contributed by atoms with van der Waals surface area (Å²) in [5.41, 5.74) is 1.61. The number of β-amino-alcohol motifs (C(OH)–C–C–N with tert-alkyl or cyclic N) is 1. The van der Waals surface area contributed by atoms with E-state index >= 15 is 0 Å². The average Bonchev–Trinajstić information content (AvgIpc) is 2.70. The summed E-state index contributed by atoms with van der Waals surface area (Å²) in [6.45, 7) is 2.87. The molecule has 0 aromatic heterocycles. The van der Waals surface area contributed by atoms with Crippen molar-refractivity contribution in [1.82, 2.24) is 4.90 Å². The van der Waals surface area contributed by atoms with Crippen molar-refractivity contribution >= 4 is 5.91 Å². The molecular weight excluding hydrogens is 218 g/mol. The van der Waals surface area contributed by atoms with Crippen LogP contribution in [0.1, 0.15) is 17.5 Å². The molecule has 92 valence electrons. The normalized spacial score (nSPS) is 19.6. The third-order valence-electron chi connectivity index (χ3n) is 3.14. The molecule has 2 rings (SSSR count). The van der Waals surface area contributed by atoms with Crippen LogP contribution in [0.15, 0.2) is 18.2 Å². The molecule has 1 aliphatic heterocycles. The highest BCUT2D eigenvalue weighted by Crippen LogP contribution is 2.19. The second-order valence-corrected chi connectivity index (χ2v) is 4.58. The molecule has 0 saturated carbocycles. The summed E-state index contributed by atoms with van der Waals surface area (Å²) in [7, 11) is 0. The summed E-state index contributed by atoms with van der Waals surface area (Å²) >= 11 is 0. The Morgan fingerprint density at radius 1 is 1.53 bits per heavy atom. The number of benzene rings is 1. The standard InChI is InChI=1S/C13H17NO3/c1-9-2-3-10(6-12(9)16)7-13(17)14-5-4-11(15)8-14/h2-3,6,11,15-16H,4-5,7-8H2,1H3/t11-/m1/s1. The first-order chi connectivity index (χ1) is 8.06. The third-order valence-corrected chi connectivity index (χ3v) is 3.14. The second kappa shape index (κ2) is 4.75. The van der Waals surface area contributed by atoms with Gasteiger partial charge in [-0.1, -0.05) is 12.1 Å². The largest absolute Gasteiger partial charge is 0.508 e. The molecule has 0 spiro atoms. The van der Waals surface area contributed by atoms with Crippen LogP contribution in [0.3, 0.4) is 0 Å². The first-order valence-electron chi connectivity index (χ1n) is 5.80. The molecule has 0 aliphatic carbocycles. The first-order valence-corrected chi connectivity index (χ1v) is 5.80. The van der Waals surface area contributed by atoms with Crippen LogP contribution >= 0.6 is 0 Å². The van der Waals surface area contributed by atoms with Gasteiger partial charge in [-0.05, 0) is 30.5 Å². The van der Waals surface area contributed by atoms with Gasteiger partial charge in [-0.15, -0.1) is 0 Å². The Balaban J connectivity index is 2.00. The molecule has 4 heteroatoms. The SMILES string of the molecule is Cc1ccc(CC(=O)N2CC[C@@H](O)C2)cc1O. The lowest BCUT2D eigenvalue weighted by Gasteiger charge is -2.15. The monoisotopic (exact) mass is 235 g/mol. The highest BCUT2D eigenvalue weighted by Gasteiger charge is 2.24. The van der Waals surface area contributed by atoms with Gasteiger partial charge in [-0.3, -0.25) is 4.79 Å². The molecule has 1 amide bonds. The Bertz CT molecular complexity index is 431. The van der Waals surface area contributed by atoms with Crippen LogP contribution in [0.4, 0.5) is 0 Å². The number of rotatable bonds is 2. The van der Waals surface area contributed by atoms with Crippen molar-refractivity contribution in [2.45, 2.75) is 25.9 Å². The van der Waals surface area contributed by atoms with E-state index < -0.39 is 0 Å². The Morgan fingerprint density at radius 3 is 2.88 bits per heavy atom. The summed E-state index contributed by atoms with van der Waals surface area (Å²) in [6.07, 6.45) is 0.552. The number of aliphatic hydroxyl groups excluding tert-OH is 1. The zero-order valence-corrected chi connectivity index (χ0v) is 9.89. The van der Waals surface area contributed by atoms with E-state index in [-0.39, 0.29) is 24.2 Å². The predicted molar refractivity (Wildman–Crippen MR) is 63.8 cm³/mol. The molecule has 17 heavy (non-hydrogen) atoms. The Morgan fingerprint density at radius 2 is 2.29 bits per heavy atom. The Kier molecular flexibility index (Phi) is 3.33. The van der Waals surface area contributed by atoms with Gasteiger partial charge in [0.1, 0.15) is 5.75 Å². The van der Waals surface area contributed by atoms with Crippen LogP contribution in [-0.4, -0.2) is 40.2 Å². The molecule has 1 saturated heterocycles. The number of hydrogen-bond donors (Lipinski definition) is 2. The number of nitrogens with zero attached hydrogens (tertiary/aromatic N) is 1. The first kappa shape index (κ1) is 11.9. The minimum atomic E-state index is -0.384. The number of aryl methyl sites for hydroxylation is 1. The number of carbonyl (C=O) groups excluding carboxylic acids is 1. The highest BCUT2D eigenvalue weighted by atomic mass is 16.3. The molecule has 1 aliphatic rings. The van der Waals surface area contributed by atoms with Crippen LogP contribution < -0.4 is 0 Å². The van der Waals surface area contributed by atoms with Crippen molar-refractivity contribution in [3.05, 3.63) is 29.3 Å². The maximum absolute atomic E-state index is 11.9. The number of hydrogen-bond acceptors (Lipinski definition) is 3. The quantitative estimate of drug-likeness (QED) is 0.798. The van der Waals surface area contributed by atoms with E-state index in [1.807, 2.05) is 13.0 Å². The second-order valence-electron chi connectivity index (χ2n) is 4.58. The molecular formula is C13H17NO3. The van der Waals surface area contributed by atoms with Gasteiger partial charge in [-0.2, -0.15) is 0 Å². The Hall–Kier alpha value is -1.55. The summed E-state index contributed by atoms with van der Waals surface area (Å²) in [4.78, 5) is 13.6. The van der Waals surface area contributed by atoms with Crippen molar-refractivity contribution < 1.29 is 15.0 Å². The van der Waals surface area contributed by atoms with Crippen molar-refractivity contribution in [1.29, 1.82) is 0 Å². The molecule has 0 bridgehead atoms. The zero-order chi connectivity index (χ0) is 12.4. The van der Waals surface area contributed by atoms with Gasteiger partial charge in [0.15, 0.2) is 0 Å². The van der Waals surface area contributed by atoms with Crippen LogP contribution in [0.25, 0.3) is 0 Å². The lowest BCUT2D eigenvalue weighted by Crippen LogP contribution is -2.30. The minimum Gasteiger partial charge on any atom is -0.508 e. The fourth-order valence-corrected chi connectivity index (χ4v) is 2.02. The van der Waals surface area contributed by atoms with Gasteiger partial charge < -0.3 is 15.1 Å². The van der Waals surface area contributed by atoms with E-state index in [9.17, 15) is 15.0 Å². The number of carbonyl (C=O) groups is 1. The van der Waals surface area contributed by atoms with E-state index in [2.05, 4.69) is 0 Å². The van der Waals surface area contributed by atoms with Crippen LogP contribution in [-0.2, 0) is 11.2 Å². The van der Waals surface area contributed by atoms with Crippen molar-refractivity contribution in [3.8, 4) is 5.75 Å². The smallest absolute Gasteiger partial charge is 0.227 e. The van der Waals surface area contributed by atoms with Gasteiger partial charge in [0.05, 0.1) is 12.5 Å². The molecule has 2 N–H and O–H groups in total. The topological polar surface area (TPSA) is 60.8 Å². The van der Waals surface area contributed by atoms with Crippen molar-refractivity contribution in [2.75, 3.05) is 13.1 Å². The molecule has 0 radical (unpaired) electrons. The molecule has 1 aromatic carbocycles. The van der Waals surface area contributed by atoms with Crippen molar-refractivity contribution in [2.24, 2.45) is 0 Å². The van der Waals surface area contributed by atoms with Gasteiger partial charge in [0.25, 0.3) is 0 Å². The lowest BCUT2D eigenvalue weighted by atomic mass is 10.1. The lowest BCUT2D eigenvalue weighted by molar-refractivity contribution is -0.129. The summed E-state index contributed by atoms with van der Waals surface area (Å²) in [6, 6.07) is 5.27. The minimum absolute atomic E-state index is 0.00445. The number of amides is 1. The zero-order valence-electron chi connectivity index (χ0n) is 9.89. The van der Waals surface area contributed by atoms with Gasteiger partial charge in [0.2, 0.25) is 5.91 Å². The number of aliphatic hydroxyl groups is 1. The highest BCUT2D eigenvalue weighted by molar-refractivity contribution is 5.79. The third kappa shape index (κ3) is 2.77. The van der Waals surface area contributed by atoms with Gasteiger partial charge in [-0.25, -0.2) is 0 Å². The van der Waals surface area contributed by atoms with Crippen LogP contribution in [0.2, 0.25) is 0 Å². The summed E-state index contributed by atoms with van der Waals surface area (Å²) in [5, 5.41) is 18.9. The number of phenolic OH excluding ortho intramolecular Hbond substituents is 1. The van der Waals surface area contributed by atoms with Crippen LogP contribution in [0, 0.1) is 6.92 Å². The molecule has 1 atom stereocenters. The van der Waals surface area contributed by atoms with Gasteiger partial charge >= 0.3 is 0 Å². The van der Waals surface area contributed by atoms with E-state index in [1.165, 1.54) is 0 Å². The average molecular weight is 235 g/mol. The van der Waals surface area contributed by atoms with Crippen LogP contribution in [0.5, 0.6) is 5.75 Å². The van der Waals surface area contributed by atoms with E-state index in [4.69, 9.17) is 0 Å². The van der Waals surface area contributed by atoms with E-state index in [1.54, 1.807) is 17.0 Å². The fraction of sp³-hybridized carbons (Fsp3) is 0.462. The molecule has 4 nitrogen and oxygen atoms in total. The molecule has 0 unspecified atom stereocenters. The van der Waals surface area contributed by atoms with E-state index in [0.29, 0.717) is 19.5 Å². The molecule has 1 heterocycles. The molecule has 1 fully saturated rings. The maximum Gasteiger partial charge on any atom is 0.227 e. The maximum atomic E-state index is 11.9. The predicted octanol–water partition coefficient (Wildman–Crippen LogP) is 0.836. The number of likely N-dealkylation sites (tertiary alicyclic amines) is 1. The fourth-order valence-electron chi connectivity index (χ4n) is 2.02. The summed E-state index contributed by atoms with van der Waals surface area (Å²) < 4.78 is 0. The van der Waals surface area contributed by atoms with Gasteiger partial charge in [0, 0.05) is 13.1 Å².